The van der Waals surface area contributed by atoms with Gasteiger partial charge in [-0.25, -0.2) is 4.79 Å². The molecule has 0 amide bonds. The SMILES string of the molecule is COc1cccc2c1CCCC2=C=O. The molecular weight excluding hydrogens is 176 g/mol. The van der Waals surface area contributed by atoms with Gasteiger partial charge in [-0.3, -0.25) is 0 Å². The zero-order valence-electron chi connectivity index (χ0n) is 8.17. The molecular formula is C12H12O2. The number of fused-ring (bicyclic) bond motifs is 1. The van der Waals surface area contributed by atoms with Gasteiger partial charge in [0, 0.05) is 11.1 Å². The third-order valence-corrected chi connectivity index (χ3v) is 2.65. The maximum Gasteiger partial charge on any atom is 0.128 e. The van der Waals surface area contributed by atoms with Crippen LogP contribution in [0.25, 0.3) is 5.57 Å². The molecule has 0 aromatic heterocycles. The predicted octanol–water partition coefficient (Wildman–Crippen LogP) is 2.25. The van der Waals surface area contributed by atoms with Crippen LogP contribution in [0.1, 0.15) is 24.0 Å². The van der Waals surface area contributed by atoms with E-state index in [0.29, 0.717) is 0 Å². The van der Waals surface area contributed by atoms with Gasteiger partial charge in [0.05, 0.1) is 7.11 Å². The second-order valence-corrected chi connectivity index (χ2v) is 3.42. The maximum absolute atomic E-state index is 10.7. The van der Waals surface area contributed by atoms with Crippen molar-refractivity contribution in [2.75, 3.05) is 7.11 Å². The van der Waals surface area contributed by atoms with Crippen molar-refractivity contribution in [3.05, 3.63) is 29.3 Å². The number of hydrogen-bond acceptors (Lipinski definition) is 2. The maximum atomic E-state index is 10.7. The number of ether oxygens (including phenoxy) is 1. The first kappa shape index (κ1) is 9.04. The van der Waals surface area contributed by atoms with E-state index in [-0.39, 0.29) is 0 Å². The second kappa shape index (κ2) is 3.69. The van der Waals surface area contributed by atoms with E-state index in [9.17, 15) is 4.79 Å². The van der Waals surface area contributed by atoms with Crippen molar-refractivity contribution in [1.29, 1.82) is 0 Å². The molecule has 0 unspecified atom stereocenters. The summed E-state index contributed by atoms with van der Waals surface area (Å²) in [5, 5.41) is 0. The Morgan fingerprint density at radius 1 is 1.36 bits per heavy atom. The number of hydrogen-bond donors (Lipinski definition) is 0. The molecule has 0 N–H and O–H groups in total. The summed E-state index contributed by atoms with van der Waals surface area (Å²) in [7, 11) is 1.66. The zero-order chi connectivity index (χ0) is 9.97. The molecule has 0 bridgehead atoms. The molecule has 0 fully saturated rings. The van der Waals surface area contributed by atoms with Crippen LogP contribution in [0, 0.1) is 0 Å². The Morgan fingerprint density at radius 2 is 2.21 bits per heavy atom. The minimum Gasteiger partial charge on any atom is -0.496 e. The van der Waals surface area contributed by atoms with Crippen LogP contribution in [0.15, 0.2) is 18.2 Å². The Labute approximate surface area is 83.2 Å². The van der Waals surface area contributed by atoms with Gasteiger partial charge >= 0.3 is 0 Å². The summed E-state index contributed by atoms with van der Waals surface area (Å²) in [5.74, 6) is 2.91. The molecule has 1 aromatic rings. The van der Waals surface area contributed by atoms with Crippen LogP contribution in [-0.4, -0.2) is 13.1 Å². The minimum absolute atomic E-state index is 0.783. The van der Waals surface area contributed by atoms with Gasteiger partial charge in [-0.05, 0) is 30.9 Å². The average molecular weight is 188 g/mol. The van der Waals surface area contributed by atoms with Crippen molar-refractivity contribution in [1.82, 2.24) is 0 Å². The molecule has 0 spiro atoms. The van der Waals surface area contributed by atoms with Crippen molar-refractivity contribution in [3.63, 3.8) is 0 Å². The van der Waals surface area contributed by atoms with Crippen molar-refractivity contribution in [2.24, 2.45) is 0 Å². The minimum atomic E-state index is 0.783. The van der Waals surface area contributed by atoms with Gasteiger partial charge in [0.2, 0.25) is 0 Å². The summed E-state index contributed by atoms with van der Waals surface area (Å²) >= 11 is 0. The van der Waals surface area contributed by atoms with Crippen LogP contribution in [0.3, 0.4) is 0 Å². The van der Waals surface area contributed by atoms with E-state index < -0.39 is 0 Å². The monoisotopic (exact) mass is 188 g/mol. The fraction of sp³-hybridized carbons (Fsp3) is 0.333. The first-order valence-corrected chi connectivity index (χ1v) is 4.77. The highest BCUT2D eigenvalue weighted by molar-refractivity contribution is 5.90. The molecule has 2 rings (SSSR count). The third kappa shape index (κ3) is 1.34. The Morgan fingerprint density at radius 3 is 2.93 bits per heavy atom. The highest BCUT2D eigenvalue weighted by Crippen LogP contribution is 2.34. The summed E-state index contributed by atoms with van der Waals surface area (Å²) in [6.45, 7) is 0. The van der Waals surface area contributed by atoms with Crippen LogP contribution in [0.4, 0.5) is 0 Å². The normalized spacial score (nSPS) is 14.5. The topological polar surface area (TPSA) is 26.3 Å². The molecule has 0 heterocycles. The van der Waals surface area contributed by atoms with Gasteiger partial charge < -0.3 is 4.74 Å². The van der Waals surface area contributed by atoms with E-state index in [0.717, 1.165) is 41.7 Å². The Kier molecular flexibility index (Phi) is 2.38. The smallest absolute Gasteiger partial charge is 0.128 e. The van der Waals surface area contributed by atoms with Gasteiger partial charge in [0.25, 0.3) is 0 Å². The number of methoxy groups -OCH3 is 1. The summed E-state index contributed by atoms with van der Waals surface area (Å²) in [6.07, 6.45) is 2.84. The van der Waals surface area contributed by atoms with E-state index in [2.05, 4.69) is 0 Å². The average Bonchev–Trinajstić information content (AvgIpc) is 2.27. The predicted molar refractivity (Wildman–Crippen MR) is 55.0 cm³/mol. The van der Waals surface area contributed by atoms with Crippen molar-refractivity contribution >= 4 is 11.5 Å². The molecule has 14 heavy (non-hydrogen) atoms. The first-order valence-electron chi connectivity index (χ1n) is 4.77. The van der Waals surface area contributed by atoms with E-state index in [1.165, 1.54) is 0 Å². The van der Waals surface area contributed by atoms with Crippen LogP contribution in [-0.2, 0) is 11.2 Å². The summed E-state index contributed by atoms with van der Waals surface area (Å²) < 4.78 is 5.26. The second-order valence-electron chi connectivity index (χ2n) is 3.42. The van der Waals surface area contributed by atoms with Crippen LogP contribution >= 0.6 is 0 Å². The lowest BCUT2D eigenvalue weighted by Crippen LogP contribution is -2.04. The lowest BCUT2D eigenvalue weighted by molar-refractivity contribution is 0.408. The number of allylic oxidation sites excluding steroid dienone is 1. The van der Waals surface area contributed by atoms with Gasteiger partial charge in [-0.2, -0.15) is 0 Å². The molecule has 1 aliphatic rings. The first-order chi connectivity index (χ1) is 6.86. The standard InChI is InChI=1S/C12H12O2/c1-14-12-7-3-5-10-9(8-13)4-2-6-11(10)12/h3,5,7H,2,4,6H2,1H3. The summed E-state index contributed by atoms with van der Waals surface area (Å²) in [4.78, 5) is 10.7. The van der Waals surface area contributed by atoms with E-state index >= 15 is 0 Å². The lowest BCUT2D eigenvalue weighted by Gasteiger charge is -2.18. The Bertz CT molecular complexity index is 401. The quantitative estimate of drug-likeness (QED) is 0.632. The molecule has 2 heteroatoms. The highest BCUT2D eigenvalue weighted by Gasteiger charge is 2.17. The van der Waals surface area contributed by atoms with E-state index in [4.69, 9.17) is 4.74 Å². The largest absolute Gasteiger partial charge is 0.496 e. The molecule has 72 valence electrons. The fourth-order valence-electron chi connectivity index (χ4n) is 1.98. The zero-order valence-corrected chi connectivity index (χ0v) is 8.17. The van der Waals surface area contributed by atoms with Gasteiger partial charge in [-0.1, -0.05) is 12.1 Å². The molecule has 0 aliphatic heterocycles. The van der Waals surface area contributed by atoms with Crippen LogP contribution in [0.5, 0.6) is 5.75 Å². The Hall–Kier alpha value is -1.53. The fourth-order valence-corrected chi connectivity index (χ4v) is 1.98. The molecule has 0 saturated heterocycles. The third-order valence-electron chi connectivity index (χ3n) is 2.65. The highest BCUT2D eigenvalue weighted by atomic mass is 16.5. The van der Waals surface area contributed by atoms with E-state index in [1.54, 1.807) is 7.11 Å². The van der Waals surface area contributed by atoms with Crippen molar-refractivity contribution in [3.8, 4) is 5.75 Å². The van der Waals surface area contributed by atoms with Crippen LogP contribution < -0.4 is 4.74 Å². The van der Waals surface area contributed by atoms with Gasteiger partial charge in [-0.15, -0.1) is 0 Å². The Balaban J connectivity index is 2.60. The number of benzene rings is 1. The summed E-state index contributed by atoms with van der Waals surface area (Å²) in [5.41, 5.74) is 2.95. The van der Waals surface area contributed by atoms with Gasteiger partial charge in [0.1, 0.15) is 11.7 Å². The summed E-state index contributed by atoms with van der Waals surface area (Å²) in [6, 6.07) is 5.82. The lowest BCUT2D eigenvalue weighted by atomic mass is 9.88. The van der Waals surface area contributed by atoms with Crippen LogP contribution in [0.2, 0.25) is 0 Å². The van der Waals surface area contributed by atoms with Crippen molar-refractivity contribution < 1.29 is 9.53 Å². The molecule has 1 aliphatic carbocycles. The van der Waals surface area contributed by atoms with Crippen molar-refractivity contribution in [2.45, 2.75) is 19.3 Å². The molecule has 1 aromatic carbocycles. The number of carbonyl (C=O) groups excluding carboxylic acids is 1. The number of rotatable bonds is 1. The molecule has 0 saturated carbocycles. The molecule has 2 nitrogen and oxygen atoms in total. The van der Waals surface area contributed by atoms with Gasteiger partial charge in [0.15, 0.2) is 0 Å². The molecule has 0 atom stereocenters. The van der Waals surface area contributed by atoms with E-state index in [1.807, 2.05) is 24.1 Å². The molecule has 0 radical (unpaired) electrons.